The van der Waals surface area contributed by atoms with E-state index < -0.39 is 4.92 Å². The van der Waals surface area contributed by atoms with Gasteiger partial charge in [-0.25, -0.2) is 0 Å². The summed E-state index contributed by atoms with van der Waals surface area (Å²) in [6.07, 6.45) is 3.75. The standard InChI is InChI=1S/C10H9ClN4O2/c11-9-5-3-6-10(15(16)17)8(9)4-1-2-7-13-14-12/h1,3-6H,2,7H2. The lowest BCUT2D eigenvalue weighted by atomic mass is 10.1. The molecule has 0 bridgehead atoms. The van der Waals surface area contributed by atoms with Gasteiger partial charge < -0.3 is 0 Å². The average Bonchev–Trinajstić information content (AvgIpc) is 2.30. The average molecular weight is 253 g/mol. The Morgan fingerprint density at radius 3 is 3.00 bits per heavy atom. The minimum absolute atomic E-state index is 0.0439. The SMILES string of the molecule is [N-]=[N+]=NCCC=Cc1c(Cl)cccc1[N+](=O)[O-]. The third kappa shape index (κ3) is 3.79. The lowest BCUT2D eigenvalue weighted by molar-refractivity contribution is -0.385. The van der Waals surface area contributed by atoms with Crippen LogP contribution in [0.15, 0.2) is 29.4 Å². The van der Waals surface area contributed by atoms with Gasteiger partial charge in [0.2, 0.25) is 0 Å². The van der Waals surface area contributed by atoms with Crippen LogP contribution in [0.2, 0.25) is 5.02 Å². The Balaban J connectivity index is 2.89. The predicted octanol–water partition coefficient (Wildman–Crippen LogP) is 3.96. The fraction of sp³-hybridized carbons (Fsp3) is 0.200. The fourth-order valence-corrected chi connectivity index (χ4v) is 1.46. The van der Waals surface area contributed by atoms with Crippen LogP contribution in [0.4, 0.5) is 5.69 Å². The van der Waals surface area contributed by atoms with Crippen LogP contribution in [-0.2, 0) is 0 Å². The largest absolute Gasteiger partial charge is 0.278 e. The van der Waals surface area contributed by atoms with E-state index in [1.54, 1.807) is 18.2 Å². The number of nitrogens with zero attached hydrogens (tertiary/aromatic N) is 4. The van der Waals surface area contributed by atoms with E-state index in [9.17, 15) is 10.1 Å². The third-order valence-electron chi connectivity index (χ3n) is 1.97. The van der Waals surface area contributed by atoms with Crippen molar-refractivity contribution in [2.75, 3.05) is 6.54 Å². The van der Waals surface area contributed by atoms with Gasteiger partial charge in [-0.15, -0.1) is 0 Å². The maximum atomic E-state index is 10.8. The molecule has 0 heterocycles. The number of nitro groups is 1. The molecule has 0 saturated heterocycles. The van der Waals surface area contributed by atoms with Gasteiger partial charge in [0.25, 0.3) is 5.69 Å². The van der Waals surface area contributed by atoms with Crippen LogP contribution in [0, 0.1) is 10.1 Å². The number of benzene rings is 1. The van der Waals surface area contributed by atoms with Crippen LogP contribution in [0.1, 0.15) is 12.0 Å². The summed E-state index contributed by atoms with van der Waals surface area (Å²) >= 11 is 5.88. The summed E-state index contributed by atoms with van der Waals surface area (Å²) < 4.78 is 0. The molecular formula is C10H9ClN4O2. The molecule has 0 amide bonds. The quantitative estimate of drug-likeness (QED) is 0.198. The van der Waals surface area contributed by atoms with Crippen molar-refractivity contribution >= 4 is 23.4 Å². The molecule has 0 aliphatic heterocycles. The first-order chi connectivity index (χ1) is 8.16. The normalized spacial score (nSPS) is 10.2. The van der Waals surface area contributed by atoms with Crippen LogP contribution in [0.25, 0.3) is 16.5 Å². The van der Waals surface area contributed by atoms with Crippen LogP contribution >= 0.6 is 11.6 Å². The Hall–Kier alpha value is -2.04. The van der Waals surface area contributed by atoms with E-state index in [0.29, 0.717) is 23.6 Å². The Labute approximate surface area is 102 Å². The zero-order valence-corrected chi connectivity index (χ0v) is 9.54. The summed E-state index contributed by atoms with van der Waals surface area (Å²) in [5, 5.41) is 14.4. The van der Waals surface area contributed by atoms with Crippen LogP contribution in [0.3, 0.4) is 0 Å². The first kappa shape index (κ1) is 13.0. The second-order valence-electron chi connectivity index (χ2n) is 3.08. The molecule has 0 aliphatic rings. The van der Waals surface area contributed by atoms with E-state index in [4.69, 9.17) is 17.1 Å². The van der Waals surface area contributed by atoms with Crippen molar-refractivity contribution in [3.05, 3.63) is 55.4 Å². The first-order valence-electron chi connectivity index (χ1n) is 4.77. The number of hydrogen-bond donors (Lipinski definition) is 0. The van der Waals surface area contributed by atoms with Crippen molar-refractivity contribution in [2.24, 2.45) is 5.11 Å². The maximum Gasteiger partial charge on any atom is 0.278 e. The first-order valence-corrected chi connectivity index (χ1v) is 5.15. The second-order valence-corrected chi connectivity index (χ2v) is 3.48. The summed E-state index contributed by atoms with van der Waals surface area (Å²) in [6, 6.07) is 4.50. The van der Waals surface area contributed by atoms with Gasteiger partial charge in [0.1, 0.15) is 0 Å². The molecule has 88 valence electrons. The molecule has 0 fully saturated rings. The smallest absolute Gasteiger partial charge is 0.258 e. The lowest BCUT2D eigenvalue weighted by Crippen LogP contribution is -1.91. The van der Waals surface area contributed by atoms with E-state index >= 15 is 0 Å². The van der Waals surface area contributed by atoms with Gasteiger partial charge in [0, 0.05) is 17.5 Å². The van der Waals surface area contributed by atoms with Gasteiger partial charge in [-0.2, -0.15) is 0 Å². The summed E-state index contributed by atoms with van der Waals surface area (Å²) in [7, 11) is 0. The zero-order valence-electron chi connectivity index (χ0n) is 8.78. The Bertz CT molecular complexity index is 495. The van der Waals surface area contributed by atoms with Crippen LogP contribution in [-0.4, -0.2) is 11.5 Å². The molecule has 7 heteroatoms. The molecule has 0 saturated carbocycles. The Morgan fingerprint density at radius 2 is 2.35 bits per heavy atom. The molecule has 0 unspecified atom stereocenters. The summed E-state index contributed by atoms with van der Waals surface area (Å²) in [5.41, 5.74) is 8.38. The van der Waals surface area contributed by atoms with Gasteiger partial charge in [-0.05, 0) is 18.0 Å². The van der Waals surface area contributed by atoms with E-state index in [1.165, 1.54) is 12.1 Å². The topological polar surface area (TPSA) is 91.9 Å². The molecule has 0 N–H and O–H groups in total. The highest BCUT2D eigenvalue weighted by molar-refractivity contribution is 6.32. The van der Waals surface area contributed by atoms with Crippen molar-refractivity contribution in [1.29, 1.82) is 0 Å². The minimum Gasteiger partial charge on any atom is -0.258 e. The Morgan fingerprint density at radius 1 is 1.59 bits per heavy atom. The molecule has 1 aromatic rings. The number of halogens is 1. The van der Waals surface area contributed by atoms with Gasteiger partial charge in [0.05, 0.1) is 15.5 Å². The Kier molecular flexibility index (Phi) is 5.00. The van der Waals surface area contributed by atoms with Crippen molar-refractivity contribution in [3.63, 3.8) is 0 Å². The van der Waals surface area contributed by atoms with Gasteiger partial charge in [0.15, 0.2) is 0 Å². The van der Waals surface area contributed by atoms with Crippen molar-refractivity contribution in [2.45, 2.75) is 6.42 Å². The van der Waals surface area contributed by atoms with Gasteiger partial charge >= 0.3 is 0 Å². The highest BCUT2D eigenvalue weighted by Crippen LogP contribution is 2.27. The summed E-state index contributed by atoms with van der Waals surface area (Å²) in [6.45, 7) is 0.311. The maximum absolute atomic E-state index is 10.8. The van der Waals surface area contributed by atoms with E-state index in [1.807, 2.05) is 0 Å². The molecule has 0 aliphatic carbocycles. The monoisotopic (exact) mass is 252 g/mol. The molecule has 6 nitrogen and oxygen atoms in total. The highest BCUT2D eigenvalue weighted by atomic mass is 35.5. The van der Waals surface area contributed by atoms with Gasteiger partial charge in [-0.1, -0.05) is 34.9 Å². The predicted molar refractivity (Wildman–Crippen MR) is 65.8 cm³/mol. The van der Waals surface area contributed by atoms with E-state index in [0.717, 1.165) is 0 Å². The number of nitro benzene ring substituents is 1. The molecule has 1 rings (SSSR count). The fourth-order valence-electron chi connectivity index (χ4n) is 1.23. The molecule has 1 aromatic carbocycles. The molecular weight excluding hydrogens is 244 g/mol. The number of rotatable bonds is 5. The number of hydrogen-bond acceptors (Lipinski definition) is 3. The second kappa shape index (κ2) is 6.52. The number of azide groups is 1. The molecule has 0 atom stereocenters. The van der Waals surface area contributed by atoms with Crippen molar-refractivity contribution in [1.82, 2.24) is 0 Å². The lowest BCUT2D eigenvalue weighted by Gasteiger charge is -1.99. The molecule has 0 radical (unpaired) electrons. The van der Waals surface area contributed by atoms with E-state index in [2.05, 4.69) is 10.0 Å². The molecule has 0 aromatic heterocycles. The van der Waals surface area contributed by atoms with Crippen LogP contribution < -0.4 is 0 Å². The van der Waals surface area contributed by atoms with Crippen LogP contribution in [0.5, 0.6) is 0 Å². The molecule has 0 spiro atoms. The summed E-state index contributed by atoms with van der Waals surface area (Å²) in [5.74, 6) is 0. The zero-order chi connectivity index (χ0) is 12.7. The van der Waals surface area contributed by atoms with Gasteiger partial charge in [-0.3, -0.25) is 10.1 Å². The minimum atomic E-state index is -0.487. The highest BCUT2D eigenvalue weighted by Gasteiger charge is 2.13. The summed E-state index contributed by atoms with van der Waals surface area (Å²) in [4.78, 5) is 12.9. The third-order valence-corrected chi connectivity index (χ3v) is 2.30. The molecule has 17 heavy (non-hydrogen) atoms. The van der Waals surface area contributed by atoms with Crippen molar-refractivity contribution in [3.8, 4) is 0 Å². The van der Waals surface area contributed by atoms with Crippen molar-refractivity contribution < 1.29 is 4.92 Å². The van der Waals surface area contributed by atoms with E-state index in [-0.39, 0.29) is 5.69 Å².